The Kier molecular flexibility index (Phi) is 4.47. The fourth-order valence-corrected chi connectivity index (χ4v) is 3.96. The minimum Gasteiger partial charge on any atom is -0.486 e. The van der Waals surface area contributed by atoms with Crippen molar-refractivity contribution in [2.45, 2.75) is 45.6 Å². The molecule has 0 atom stereocenters. The third-order valence-corrected chi connectivity index (χ3v) is 5.90. The smallest absolute Gasteiger partial charge is 0.170 e. The molecule has 3 heteroatoms. The average Bonchev–Trinajstić information content (AvgIpc) is 3.18. The molecule has 2 aromatic rings. The van der Waals surface area contributed by atoms with Crippen LogP contribution >= 0.6 is 0 Å². The predicted octanol–water partition coefficient (Wildman–Crippen LogP) is 5.41. The Morgan fingerprint density at radius 3 is 2.59 bits per heavy atom. The molecular formula is C24H25NO2. The van der Waals surface area contributed by atoms with E-state index in [2.05, 4.69) is 45.0 Å². The summed E-state index contributed by atoms with van der Waals surface area (Å²) in [6, 6.07) is 14.3. The predicted molar refractivity (Wildman–Crippen MR) is 110 cm³/mol. The van der Waals surface area contributed by atoms with Crippen LogP contribution in [-0.4, -0.2) is 23.6 Å². The van der Waals surface area contributed by atoms with Gasteiger partial charge < -0.3 is 4.74 Å². The Balaban J connectivity index is 1.65. The lowest BCUT2D eigenvalue weighted by Crippen LogP contribution is -2.40. The zero-order chi connectivity index (χ0) is 19.0. The molecule has 0 spiro atoms. The molecule has 0 N–H and O–H groups in total. The summed E-state index contributed by atoms with van der Waals surface area (Å²) in [5, 5.41) is 0. The van der Waals surface area contributed by atoms with E-state index in [1.165, 1.54) is 11.1 Å². The highest BCUT2D eigenvalue weighted by atomic mass is 16.5. The van der Waals surface area contributed by atoms with Gasteiger partial charge in [-0.15, -0.1) is 0 Å². The molecule has 0 unspecified atom stereocenters. The van der Waals surface area contributed by atoms with Crippen LogP contribution in [0.1, 0.15) is 60.2 Å². The number of rotatable bonds is 4. The number of hydrogen-bond donors (Lipinski definition) is 0. The van der Waals surface area contributed by atoms with Crippen LogP contribution in [0.25, 0.3) is 5.57 Å². The first-order chi connectivity index (χ1) is 13.0. The second kappa shape index (κ2) is 6.80. The minimum absolute atomic E-state index is 0.181. The molecular weight excluding hydrogens is 334 g/mol. The standard InChI is InChI=1S/C24H25NO2/c1-4-24(5-2)14-22(26)20-12-17(10-11-23(20)27-24)18-13-21(25-15-18)19-9-7-6-8-16(19)3/h6-13H,4-5,14-15H2,1-3H3. The van der Waals surface area contributed by atoms with Gasteiger partial charge in [-0.25, -0.2) is 0 Å². The first-order valence-corrected chi connectivity index (χ1v) is 9.73. The minimum atomic E-state index is -0.348. The summed E-state index contributed by atoms with van der Waals surface area (Å²) in [6.07, 6.45) is 4.28. The molecule has 0 amide bonds. The fraction of sp³-hybridized carbons (Fsp3) is 0.333. The van der Waals surface area contributed by atoms with Crippen molar-refractivity contribution in [1.82, 2.24) is 0 Å². The van der Waals surface area contributed by atoms with Gasteiger partial charge in [0.2, 0.25) is 0 Å². The quantitative estimate of drug-likeness (QED) is 0.732. The maximum atomic E-state index is 12.8. The summed E-state index contributed by atoms with van der Waals surface area (Å²) in [7, 11) is 0. The fourth-order valence-electron chi connectivity index (χ4n) is 3.96. The summed E-state index contributed by atoms with van der Waals surface area (Å²) >= 11 is 0. The van der Waals surface area contributed by atoms with E-state index in [4.69, 9.17) is 9.73 Å². The van der Waals surface area contributed by atoms with Crippen LogP contribution in [-0.2, 0) is 0 Å². The Morgan fingerprint density at radius 1 is 1.07 bits per heavy atom. The molecule has 2 heterocycles. The molecule has 2 aliphatic rings. The second-order valence-electron chi connectivity index (χ2n) is 7.49. The van der Waals surface area contributed by atoms with E-state index >= 15 is 0 Å². The van der Waals surface area contributed by atoms with Crippen molar-refractivity contribution in [2.75, 3.05) is 6.54 Å². The Labute approximate surface area is 160 Å². The van der Waals surface area contributed by atoms with Crippen LogP contribution in [0.4, 0.5) is 0 Å². The third-order valence-electron chi connectivity index (χ3n) is 5.90. The molecule has 2 aliphatic heterocycles. The monoisotopic (exact) mass is 359 g/mol. The highest BCUT2D eigenvalue weighted by Gasteiger charge is 2.37. The zero-order valence-corrected chi connectivity index (χ0v) is 16.2. The number of fused-ring (bicyclic) bond motifs is 1. The Morgan fingerprint density at radius 2 is 1.85 bits per heavy atom. The normalized spacial score (nSPS) is 17.8. The SMILES string of the molecule is CCC1(CC)CC(=O)c2cc(C3=CC(c4ccccc4C)=NC3)ccc2O1. The van der Waals surface area contributed by atoms with Crippen molar-refractivity contribution in [1.29, 1.82) is 0 Å². The first-order valence-electron chi connectivity index (χ1n) is 9.73. The topological polar surface area (TPSA) is 38.7 Å². The van der Waals surface area contributed by atoms with Gasteiger partial charge in [0.1, 0.15) is 11.4 Å². The Hall–Kier alpha value is -2.68. The van der Waals surface area contributed by atoms with Crippen molar-refractivity contribution in [3.63, 3.8) is 0 Å². The third kappa shape index (κ3) is 3.12. The largest absolute Gasteiger partial charge is 0.486 e. The lowest BCUT2D eigenvalue weighted by molar-refractivity contribution is 0.0350. The van der Waals surface area contributed by atoms with E-state index in [0.717, 1.165) is 35.4 Å². The van der Waals surface area contributed by atoms with E-state index in [9.17, 15) is 4.79 Å². The summed E-state index contributed by atoms with van der Waals surface area (Å²) in [6.45, 7) is 6.92. The molecule has 0 bridgehead atoms. The van der Waals surface area contributed by atoms with Crippen LogP contribution < -0.4 is 4.74 Å². The van der Waals surface area contributed by atoms with Crippen LogP contribution in [0, 0.1) is 6.92 Å². The van der Waals surface area contributed by atoms with Crippen LogP contribution in [0.3, 0.4) is 0 Å². The van der Waals surface area contributed by atoms with Crippen LogP contribution in [0.15, 0.2) is 53.5 Å². The van der Waals surface area contributed by atoms with Gasteiger partial charge in [0, 0.05) is 5.56 Å². The van der Waals surface area contributed by atoms with Crippen LogP contribution in [0.5, 0.6) is 5.75 Å². The lowest BCUT2D eigenvalue weighted by Gasteiger charge is -2.36. The number of Topliss-reactive ketones (excluding diaryl/α,β-unsaturated/α-hetero) is 1. The van der Waals surface area contributed by atoms with Crippen LogP contribution in [0.2, 0.25) is 0 Å². The van der Waals surface area contributed by atoms with Crippen molar-refractivity contribution in [2.24, 2.45) is 4.99 Å². The lowest BCUT2D eigenvalue weighted by atomic mass is 9.85. The van der Waals surface area contributed by atoms with Gasteiger partial charge in [-0.1, -0.05) is 44.2 Å². The van der Waals surface area contributed by atoms with Crippen molar-refractivity contribution < 1.29 is 9.53 Å². The van der Waals surface area contributed by atoms with E-state index in [0.29, 0.717) is 18.5 Å². The number of aliphatic imine (C=N–C) groups is 1. The highest BCUT2D eigenvalue weighted by Crippen LogP contribution is 2.38. The maximum absolute atomic E-state index is 12.8. The van der Waals surface area contributed by atoms with Gasteiger partial charge in [-0.2, -0.15) is 0 Å². The van der Waals surface area contributed by atoms with E-state index in [1.54, 1.807) is 0 Å². The van der Waals surface area contributed by atoms with E-state index < -0.39 is 0 Å². The zero-order valence-electron chi connectivity index (χ0n) is 16.2. The molecule has 0 saturated carbocycles. The van der Waals surface area contributed by atoms with Crippen molar-refractivity contribution in [3.05, 3.63) is 70.8 Å². The van der Waals surface area contributed by atoms with Crippen molar-refractivity contribution >= 4 is 17.1 Å². The number of allylic oxidation sites excluding steroid dienone is 1. The molecule has 4 rings (SSSR count). The molecule has 0 aliphatic carbocycles. The molecule has 2 aromatic carbocycles. The summed E-state index contributed by atoms with van der Waals surface area (Å²) in [5.41, 5.74) is 5.96. The van der Waals surface area contributed by atoms with Gasteiger partial charge >= 0.3 is 0 Å². The van der Waals surface area contributed by atoms with Gasteiger partial charge in [0.25, 0.3) is 0 Å². The molecule has 0 saturated heterocycles. The van der Waals surface area contributed by atoms with Gasteiger partial charge in [-0.05, 0) is 54.7 Å². The van der Waals surface area contributed by atoms with E-state index in [1.807, 2.05) is 24.3 Å². The number of carbonyl (C=O) groups excluding carboxylic acids is 1. The Bertz CT molecular complexity index is 964. The van der Waals surface area contributed by atoms with E-state index in [-0.39, 0.29) is 11.4 Å². The molecule has 3 nitrogen and oxygen atoms in total. The molecule has 0 radical (unpaired) electrons. The van der Waals surface area contributed by atoms with Gasteiger partial charge in [0.05, 0.1) is 24.2 Å². The van der Waals surface area contributed by atoms with Gasteiger partial charge in [0.15, 0.2) is 5.78 Å². The number of carbonyl (C=O) groups is 1. The average molecular weight is 359 g/mol. The number of ketones is 1. The number of aryl methyl sites for hydroxylation is 1. The molecule has 27 heavy (non-hydrogen) atoms. The number of ether oxygens (including phenoxy) is 1. The molecule has 0 aromatic heterocycles. The summed E-state index contributed by atoms with van der Waals surface area (Å²) in [4.78, 5) is 17.5. The second-order valence-corrected chi connectivity index (χ2v) is 7.49. The number of hydrogen-bond acceptors (Lipinski definition) is 3. The highest BCUT2D eigenvalue weighted by molar-refractivity contribution is 6.15. The first kappa shape index (κ1) is 17.7. The summed E-state index contributed by atoms with van der Waals surface area (Å²) in [5.74, 6) is 0.901. The number of benzene rings is 2. The van der Waals surface area contributed by atoms with Crippen molar-refractivity contribution in [3.8, 4) is 5.75 Å². The number of nitrogens with zero attached hydrogens (tertiary/aromatic N) is 1. The molecule has 138 valence electrons. The molecule has 0 fully saturated rings. The maximum Gasteiger partial charge on any atom is 0.170 e. The van der Waals surface area contributed by atoms with Gasteiger partial charge in [-0.3, -0.25) is 9.79 Å². The summed E-state index contributed by atoms with van der Waals surface area (Å²) < 4.78 is 6.24.